The van der Waals surface area contributed by atoms with Crippen molar-refractivity contribution in [2.75, 3.05) is 0 Å². The van der Waals surface area contributed by atoms with Crippen LogP contribution in [0.15, 0.2) is 24.8 Å². The predicted molar refractivity (Wildman–Crippen MR) is 68.1 cm³/mol. The van der Waals surface area contributed by atoms with Crippen molar-refractivity contribution in [3.05, 3.63) is 51.1 Å². The Morgan fingerprint density at radius 2 is 2.28 bits per heavy atom. The molecule has 0 aromatic heterocycles. The largest absolute Gasteiger partial charge is 0.481 e. The van der Waals surface area contributed by atoms with Gasteiger partial charge in [-0.15, -0.1) is 6.58 Å². The highest BCUT2D eigenvalue weighted by atomic mass is 35.5. The van der Waals surface area contributed by atoms with Crippen LogP contribution in [0.3, 0.4) is 0 Å². The molecule has 0 amide bonds. The maximum absolute atomic E-state index is 11.0. The Labute approximate surface area is 109 Å². The summed E-state index contributed by atoms with van der Waals surface area (Å²) in [6, 6.07) is 2.79. The van der Waals surface area contributed by atoms with Gasteiger partial charge in [0.25, 0.3) is 5.69 Å². The summed E-state index contributed by atoms with van der Waals surface area (Å²) in [5.74, 6) is -1.99. The van der Waals surface area contributed by atoms with Crippen LogP contribution in [0.1, 0.15) is 24.0 Å². The summed E-state index contributed by atoms with van der Waals surface area (Å²) in [5, 5.41) is 19.7. The van der Waals surface area contributed by atoms with E-state index in [1.165, 1.54) is 19.1 Å². The van der Waals surface area contributed by atoms with E-state index in [2.05, 4.69) is 6.58 Å². The lowest BCUT2D eigenvalue weighted by Gasteiger charge is -2.14. The van der Waals surface area contributed by atoms with Gasteiger partial charge in [0.1, 0.15) is 5.02 Å². The van der Waals surface area contributed by atoms with Crippen molar-refractivity contribution in [2.24, 2.45) is 0 Å². The first-order valence-corrected chi connectivity index (χ1v) is 5.57. The van der Waals surface area contributed by atoms with Crippen LogP contribution in [0.25, 0.3) is 0 Å². The lowest BCUT2D eigenvalue weighted by Crippen LogP contribution is -2.11. The third kappa shape index (κ3) is 2.68. The van der Waals surface area contributed by atoms with Crippen LogP contribution in [0.4, 0.5) is 5.69 Å². The number of carbonyl (C=O) groups is 1. The van der Waals surface area contributed by atoms with E-state index in [1.807, 2.05) is 0 Å². The number of benzene rings is 1. The maximum Gasteiger partial charge on any atom is 0.310 e. The molecule has 0 bridgehead atoms. The number of halogens is 1. The van der Waals surface area contributed by atoms with Gasteiger partial charge in [0.15, 0.2) is 0 Å². The molecular formula is C12H12ClNO4. The van der Waals surface area contributed by atoms with Crippen molar-refractivity contribution >= 4 is 23.3 Å². The van der Waals surface area contributed by atoms with Crippen molar-refractivity contribution in [3.8, 4) is 0 Å². The average Bonchev–Trinajstić information content (AvgIpc) is 2.28. The first-order valence-electron chi connectivity index (χ1n) is 5.19. The smallest absolute Gasteiger partial charge is 0.310 e. The molecule has 0 radical (unpaired) electrons. The van der Waals surface area contributed by atoms with Crippen LogP contribution in [0, 0.1) is 10.1 Å². The Kier molecular flexibility index (Phi) is 4.44. The van der Waals surface area contributed by atoms with Gasteiger partial charge < -0.3 is 5.11 Å². The molecule has 0 aliphatic rings. The summed E-state index contributed by atoms with van der Waals surface area (Å²) < 4.78 is 0. The minimum atomic E-state index is -1.08. The number of nitro benzene ring substituents is 1. The Bertz CT molecular complexity index is 513. The van der Waals surface area contributed by atoms with Gasteiger partial charge in [-0.25, -0.2) is 0 Å². The molecule has 18 heavy (non-hydrogen) atoms. The first kappa shape index (κ1) is 14.2. The average molecular weight is 270 g/mol. The monoisotopic (exact) mass is 269 g/mol. The van der Waals surface area contributed by atoms with Crippen LogP contribution >= 0.6 is 11.6 Å². The van der Waals surface area contributed by atoms with Crippen molar-refractivity contribution in [1.82, 2.24) is 0 Å². The van der Waals surface area contributed by atoms with Gasteiger partial charge in [-0.3, -0.25) is 14.9 Å². The van der Waals surface area contributed by atoms with Crippen molar-refractivity contribution < 1.29 is 14.8 Å². The van der Waals surface area contributed by atoms with E-state index in [1.54, 1.807) is 6.08 Å². The molecule has 1 N–H and O–H groups in total. The summed E-state index contributed by atoms with van der Waals surface area (Å²) in [6.45, 7) is 5.01. The molecule has 0 aliphatic heterocycles. The lowest BCUT2D eigenvalue weighted by atomic mass is 9.93. The van der Waals surface area contributed by atoms with Crippen molar-refractivity contribution in [2.45, 2.75) is 19.3 Å². The van der Waals surface area contributed by atoms with E-state index < -0.39 is 16.8 Å². The standard InChI is InChI=1S/C12H12ClNO4/c1-3-4-8-5-6-9(14(17)18)11(13)10(8)7(2)12(15)16/h3,5-7H,1,4H2,2H3,(H,15,16). The van der Waals surface area contributed by atoms with Gasteiger partial charge in [0, 0.05) is 6.07 Å². The topological polar surface area (TPSA) is 80.4 Å². The molecule has 1 atom stereocenters. The van der Waals surface area contributed by atoms with Crippen LogP contribution in [0.5, 0.6) is 0 Å². The molecule has 96 valence electrons. The van der Waals surface area contributed by atoms with Gasteiger partial charge in [-0.2, -0.15) is 0 Å². The normalized spacial score (nSPS) is 11.9. The van der Waals surface area contributed by atoms with E-state index in [-0.39, 0.29) is 16.3 Å². The number of carboxylic acids is 1. The maximum atomic E-state index is 11.0. The van der Waals surface area contributed by atoms with Crippen molar-refractivity contribution in [1.29, 1.82) is 0 Å². The van der Waals surface area contributed by atoms with Crippen LogP contribution < -0.4 is 0 Å². The number of rotatable bonds is 5. The van der Waals surface area contributed by atoms with E-state index in [0.29, 0.717) is 12.0 Å². The van der Waals surface area contributed by atoms with Gasteiger partial charge in [0.05, 0.1) is 10.8 Å². The zero-order chi connectivity index (χ0) is 13.9. The molecule has 1 aromatic carbocycles. The number of allylic oxidation sites excluding steroid dienone is 1. The molecule has 0 spiro atoms. The van der Waals surface area contributed by atoms with Gasteiger partial charge in [0.2, 0.25) is 0 Å². The summed E-state index contributed by atoms with van der Waals surface area (Å²) in [4.78, 5) is 21.2. The van der Waals surface area contributed by atoms with Gasteiger partial charge in [-0.1, -0.05) is 23.7 Å². The number of hydrogen-bond acceptors (Lipinski definition) is 3. The molecule has 1 unspecified atom stereocenters. The Hall–Kier alpha value is -1.88. The minimum absolute atomic E-state index is 0.116. The minimum Gasteiger partial charge on any atom is -0.481 e. The molecule has 0 saturated heterocycles. The second kappa shape index (κ2) is 5.64. The molecule has 0 aliphatic carbocycles. The number of hydrogen-bond donors (Lipinski definition) is 1. The predicted octanol–water partition coefficient (Wildman–Crippen LogP) is 3.16. The number of aliphatic carboxylic acids is 1. The van der Waals surface area contributed by atoms with E-state index in [4.69, 9.17) is 16.7 Å². The summed E-state index contributed by atoms with van der Waals surface area (Å²) in [5.41, 5.74) is 0.626. The fourth-order valence-corrected chi connectivity index (χ4v) is 2.10. The summed E-state index contributed by atoms with van der Waals surface area (Å²) in [7, 11) is 0. The fourth-order valence-electron chi connectivity index (χ4n) is 1.69. The lowest BCUT2D eigenvalue weighted by molar-refractivity contribution is -0.384. The molecule has 1 rings (SSSR count). The zero-order valence-corrected chi connectivity index (χ0v) is 10.5. The third-order valence-corrected chi connectivity index (χ3v) is 3.01. The van der Waals surface area contributed by atoms with E-state index in [9.17, 15) is 14.9 Å². The highest BCUT2D eigenvalue weighted by molar-refractivity contribution is 6.33. The SMILES string of the molecule is C=CCc1ccc([N+](=O)[O-])c(Cl)c1C(C)C(=O)O. The first-order chi connectivity index (χ1) is 8.40. The van der Waals surface area contributed by atoms with Gasteiger partial charge >= 0.3 is 5.97 Å². The Balaban J connectivity index is 3.49. The highest BCUT2D eigenvalue weighted by Gasteiger charge is 2.26. The molecule has 1 aromatic rings. The Morgan fingerprint density at radius 3 is 2.72 bits per heavy atom. The summed E-state index contributed by atoms with van der Waals surface area (Å²) >= 11 is 5.94. The van der Waals surface area contributed by atoms with Crippen molar-refractivity contribution in [3.63, 3.8) is 0 Å². The molecule has 0 fully saturated rings. The molecule has 0 saturated carbocycles. The molecule has 6 heteroatoms. The molecule has 5 nitrogen and oxygen atoms in total. The van der Waals surface area contributed by atoms with E-state index in [0.717, 1.165) is 0 Å². The summed E-state index contributed by atoms with van der Waals surface area (Å²) in [6.07, 6.45) is 2.00. The second-order valence-corrected chi connectivity index (χ2v) is 4.16. The van der Waals surface area contributed by atoms with E-state index >= 15 is 0 Å². The van der Waals surface area contributed by atoms with Gasteiger partial charge in [-0.05, 0) is 24.5 Å². The zero-order valence-electron chi connectivity index (χ0n) is 9.72. The number of nitro groups is 1. The number of carboxylic acid groups (broad SMARTS) is 1. The van der Waals surface area contributed by atoms with Crippen LogP contribution in [-0.4, -0.2) is 16.0 Å². The fraction of sp³-hybridized carbons (Fsp3) is 0.250. The molecular weight excluding hydrogens is 258 g/mol. The second-order valence-electron chi connectivity index (χ2n) is 3.78. The third-order valence-electron chi connectivity index (χ3n) is 2.61. The van der Waals surface area contributed by atoms with Crippen LogP contribution in [0.2, 0.25) is 5.02 Å². The number of nitrogens with zero attached hydrogens (tertiary/aromatic N) is 1. The quantitative estimate of drug-likeness (QED) is 0.506. The Morgan fingerprint density at radius 1 is 1.67 bits per heavy atom. The molecule has 0 heterocycles. The highest BCUT2D eigenvalue weighted by Crippen LogP contribution is 2.35. The van der Waals surface area contributed by atoms with Crippen LogP contribution in [-0.2, 0) is 11.2 Å².